The number of rotatable bonds is 8. The maximum absolute atomic E-state index is 13.8. The van der Waals surface area contributed by atoms with Gasteiger partial charge >= 0.3 is 11.7 Å². The van der Waals surface area contributed by atoms with E-state index in [9.17, 15) is 18.7 Å². The molecule has 6 aliphatic heterocycles. The van der Waals surface area contributed by atoms with E-state index in [1.54, 1.807) is 24.3 Å². The molecule has 14 rings (SSSR count). The summed E-state index contributed by atoms with van der Waals surface area (Å²) in [4.78, 5) is 38.0. The van der Waals surface area contributed by atoms with Crippen LogP contribution in [0.3, 0.4) is 0 Å². The Balaban J connectivity index is 0.000000143. The van der Waals surface area contributed by atoms with Crippen LogP contribution in [0.25, 0.3) is 23.5 Å². The third-order valence-electron chi connectivity index (χ3n) is 16.2. The number of aryl methyl sites for hydroxylation is 2. The number of hydrogen-bond acceptors (Lipinski definition) is 13. The number of aromatic nitrogens is 4. The SMILES string of the molecule is COC(=O)C1(c2ccc(F)cc2)ON=C2/C(=C/c3ccc(-n4cnc(C)c4)c4c3CC4)CC3(COC3)CN21.Cc1cn(-c2ccc(/C=C3\CC4(COC4)CN4C3=NOC4(CO)c3ccc(F)cc3)c3c2CC3)cn1. The molecule has 2 spiro atoms. The van der Waals surface area contributed by atoms with Gasteiger partial charge in [0.2, 0.25) is 0 Å². The monoisotopic (exact) mass is 1000 g/mol. The lowest BCUT2D eigenvalue weighted by Gasteiger charge is -2.51. The molecule has 15 nitrogen and oxygen atoms in total. The van der Waals surface area contributed by atoms with Crippen molar-refractivity contribution in [2.24, 2.45) is 21.1 Å². The molecule has 8 aliphatic rings. The minimum Gasteiger partial charge on any atom is -0.464 e. The molecule has 8 heterocycles. The van der Waals surface area contributed by atoms with Crippen LogP contribution in [0.4, 0.5) is 8.78 Å². The Morgan fingerprint density at radius 2 is 1.12 bits per heavy atom. The van der Waals surface area contributed by atoms with Crippen molar-refractivity contribution in [1.29, 1.82) is 0 Å². The van der Waals surface area contributed by atoms with E-state index < -0.39 is 23.2 Å². The van der Waals surface area contributed by atoms with Crippen molar-refractivity contribution in [2.75, 3.05) is 53.2 Å². The fourth-order valence-corrected chi connectivity index (χ4v) is 12.1. The molecule has 2 aliphatic carbocycles. The highest BCUT2D eigenvalue weighted by Crippen LogP contribution is 2.51. The Bertz CT molecular complexity index is 3390. The van der Waals surface area contributed by atoms with Gasteiger partial charge in [-0.1, -0.05) is 22.4 Å². The molecule has 17 heteroatoms. The predicted octanol–water partition coefficient (Wildman–Crippen LogP) is 7.61. The average molecular weight is 1000 g/mol. The number of fused-ring (bicyclic) bond motifs is 4. The summed E-state index contributed by atoms with van der Waals surface area (Å²) in [6.07, 6.45) is 17.9. The van der Waals surface area contributed by atoms with Gasteiger partial charge in [-0.3, -0.25) is 4.90 Å². The van der Waals surface area contributed by atoms with Crippen LogP contribution in [0.2, 0.25) is 0 Å². The molecule has 1 N–H and O–H groups in total. The van der Waals surface area contributed by atoms with Crippen molar-refractivity contribution in [3.63, 3.8) is 0 Å². The van der Waals surface area contributed by atoms with Crippen LogP contribution in [0, 0.1) is 36.3 Å². The van der Waals surface area contributed by atoms with E-state index in [-0.39, 0.29) is 23.3 Å². The number of piperidine rings is 2. The number of aliphatic hydroxyl groups is 1. The molecule has 378 valence electrons. The van der Waals surface area contributed by atoms with Crippen molar-refractivity contribution in [3.05, 3.63) is 177 Å². The van der Waals surface area contributed by atoms with Gasteiger partial charge in [-0.05, 0) is 170 Å². The first-order valence-electron chi connectivity index (χ1n) is 25.1. The van der Waals surface area contributed by atoms with Crippen molar-refractivity contribution in [3.8, 4) is 11.4 Å². The molecule has 4 aromatic carbocycles. The highest BCUT2D eigenvalue weighted by Gasteiger charge is 2.62. The number of oxime groups is 2. The number of esters is 1. The second-order valence-electron chi connectivity index (χ2n) is 21.1. The van der Waals surface area contributed by atoms with Gasteiger partial charge < -0.3 is 43.0 Å². The van der Waals surface area contributed by atoms with Crippen LogP contribution in [0.5, 0.6) is 0 Å². The van der Waals surface area contributed by atoms with Crippen molar-refractivity contribution < 1.29 is 42.6 Å². The second kappa shape index (κ2) is 17.3. The maximum Gasteiger partial charge on any atom is 0.380 e. The number of carbonyl (C=O) groups is 1. The van der Waals surface area contributed by atoms with Gasteiger partial charge in [0.25, 0.3) is 5.72 Å². The molecule has 0 radical (unpaired) electrons. The highest BCUT2D eigenvalue weighted by atomic mass is 19.1. The second-order valence-corrected chi connectivity index (χ2v) is 21.1. The molecule has 0 amide bonds. The molecule has 2 aromatic heterocycles. The first-order valence-corrected chi connectivity index (χ1v) is 25.1. The van der Waals surface area contributed by atoms with Gasteiger partial charge in [0.1, 0.15) is 18.2 Å². The van der Waals surface area contributed by atoms with Crippen molar-refractivity contribution in [2.45, 2.75) is 63.8 Å². The van der Waals surface area contributed by atoms with Gasteiger partial charge in [0.15, 0.2) is 11.7 Å². The molecular formula is C57H54F2N8O7. The Morgan fingerprint density at radius 3 is 1.55 bits per heavy atom. The van der Waals surface area contributed by atoms with E-state index in [0.717, 1.165) is 78.1 Å². The summed E-state index contributed by atoms with van der Waals surface area (Å²) in [6.45, 7) is 7.29. The van der Waals surface area contributed by atoms with E-state index in [2.05, 4.69) is 72.0 Å². The number of methoxy groups -OCH3 is 1. The third-order valence-corrected chi connectivity index (χ3v) is 16.2. The Morgan fingerprint density at radius 1 is 0.649 bits per heavy atom. The summed E-state index contributed by atoms with van der Waals surface area (Å²) >= 11 is 0. The lowest BCUT2D eigenvalue weighted by Crippen LogP contribution is -2.62. The van der Waals surface area contributed by atoms with E-state index >= 15 is 0 Å². The Kier molecular flexibility index (Phi) is 10.8. The number of aliphatic hydroxyl groups excluding tert-OH is 1. The first kappa shape index (κ1) is 46.3. The molecule has 74 heavy (non-hydrogen) atoms. The molecule has 2 atom stereocenters. The van der Waals surface area contributed by atoms with Crippen molar-refractivity contribution in [1.82, 2.24) is 28.9 Å². The number of ether oxygens (including phenoxy) is 3. The minimum absolute atomic E-state index is 0.0691. The highest BCUT2D eigenvalue weighted by molar-refractivity contribution is 6.07. The number of imidazole rings is 2. The van der Waals surface area contributed by atoms with Crippen LogP contribution >= 0.6 is 0 Å². The number of amidine groups is 2. The van der Waals surface area contributed by atoms with Crippen LogP contribution in [-0.4, -0.2) is 105 Å². The normalized spacial score (nSPS) is 24.1. The molecule has 4 saturated heterocycles. The summed E-state index contributed by atoms with van der Waals surface area (Å²) in [6, 6.07) is 20.4. The van der Waals surface area contributed by atoms with E-state index in [1.165, 1.54) is 64.9 Å². The van der Waals surface area contributed by atoms with Crippen LogP contribution in [0.1, 0.15) is 68.7 Å². The number of carbonyl (C=O) groups excluding carboxylic acids is 1. The zero-order valence-electron chi connectivity index (χ0n) is 41.3. The van der Waals surface area contributed by atoms with Gasteiger partial charge in [-0.25, -0.2) is 23.5 Å². The Hall–Kier alpha value is -7.47. The number of halogens is 2. The summed E-state index contributed by atoms with van der Waals surface area (Å²) in [5, 5.41) is 19.5. The smallest absolute Gasteiger partial charge is 0.380 e. The zero-order valence-corrected chi connectivity index (χ0v) is 41.3. The molecule has 2 unspecified atom stereocenters. The molecule has 4 fully saturated rings. The lowest BCUT2D eigenvalue weighted by molar-refractivity contribution is -0.198. The van der Waals surface area contributed by atoms with Gasteiger partial charge in [0.05, 0.1) is 57.6 Å². The van der Waals surface area contributed by atoms with Crippen LogP contribution in [-0.2, 0) is 65.8 Å². The molecule has 0 bridgehead atoms. The summed E-state index contributed by atoms with van der Waals surface area (Å²) < 4.78 is 48.1. The predicted molar refractivity (Wildman–Crippen MR) is 269 cm³/mol. The van der Waals surface area contributed by atoms with Crippen molar-refractivity contribution >= 4 is 29.8 Å². The van der Waals surface area contributed by atoms with Crippen LogP contribution < -0.4 is 0 Å². The lowest BCUT2D eigenvalue weighted by atomic mass is 9.74. The fraction of sp³-hybridized carbons (Fsp3) is 0.351. The Labute approximate surface area is 426 Å². The van der Waals surface area contributed by atoms with Gasteiger partial charge in [-0.15, -0.1) is 0 Å². The largest absolute Gasteiger partial charge is 0.464 e. The minimum atomic E-state index is -1.63. The first-order chi connectivity index (χ1) is 35.9. The van der Waals surface area contributed by atoms with Gasteiger partial charge in [-0.2, -0.15) is 0 Å². The number of nitrogens with zero attached hydrogens (tertiary/aromatic N) is 8. The number of benzene rings is 4. The zero-order chi connectivity index (χ0) is 50.6. The molecular weight excluding hydrogens is 947 g/mol. The quantitative estimate of drug-likeness (QED) is 0.150. The number of hydrogen-bond donors (Lipinski definition) is 1. The fourth-order valence-electron chi connectivity index (χ4n) is 12.1. The third kappa shape index (κ3) is 7.25. The van der Waals surface area contributed by atoms with E-state index in [0.29, 0.717) is 56.5 Å². The van der Waals surface area contributed by atoms with Crippen LogP contribution in [0.15, 0.2) is 119 Å². The average Bonchev–Trinajstić information content (AvgIpc) is 4.19. The van der Waals surface area contributed by atoms with E-state index in [4.69, 9.17) is 23.9 Å². The van der Waals surface area contributed by atoms with E-state index in [1.807, 2.05) is 42.5 Å². The molecule has 0 saturated carbocycles. The van der Waals surface area contributed by atoms with Gasteiger partial charge in [0, 0.05) is 58.8 Å². The summed E-state index contributed by atoms with van der Waals surface area (Å²) in [7, 11) is 1.32. The topological polar surface area (TPSA) is 150 Å². The standard InChI is InChI=1S/C29H27FN4O4.C28H27FN4O3/c1-18-13-33(17-31-18)25-10-3-19(23-8-9-24(23)25)11-20-12-28(15-37-16-28)14-34-26(20)32-38-29(34,27(35)36-2)21-4-6-22(30)7-5-21;1-18-12-32(17-30-18)25-9-2-19(23-7-8-24(23)25)10-20-11-27(15-35-16-27)13-33-26(20)31-36-28(33,14-34)21-3-5-22(29)6-4-21/h3-7,10-11,13,17H,8-9,12,14-16H2,1-2H3;2-6,9-10,12,17,34H,7-8,11,13-16H2,1H3/b20-11+;20-10+. The summed E-state index contributed by atoms with van der Waals surface area (Å²) in [5.41, 5.74) is 12.1. The maximum atomic E-state index is 13.8. The molecule has 6 aromatic rings. The summed E-state index contributed by atoms with van der Waals surface area (Å²) in [5.74, 6) is -0.0132.